The Labute approximate surface area is 133 Å². The van der Waals surface area contributed by atoms with Gasteiger partial charge < -0.3 is 5.32 Å². The highest BCUT2D eigenvalue weighted by Crippen LogP contribution is 2.37. The van der Waals surface area contributed by atoms with Crippen LogP contribution in [0.25, 0.3) is 0 Å². The topological polar surface area (TPSA) is 15.3 Å². The lowest BCUT2D eigenvalue weighted by molar-refractivity contribution is 0.0740. The molecule has 1 aromatic rings. The van der Waals surface area contributed by atoms with Gasteiger partial charge in [0.15, 0.2) is 0 Å². The highest BCUT2D eigenvalue weighted by molar-refractivity contribution is 6.36. The quantitative estimate of drug-likeness (QED) is 0.887. The van der Waals surface area contributed by atoms with Crippen LogP contribution in [0.15, 0.2) is 18.2 Å². The summed E-state index contributed by atoms with van der Waals surface area (Å²) in [5, 5.41) is 4.12. The average Bonchev–Trinajstić information content (AvgIpc) is 2.38. The Hall–Kier alpha value is -0.130. The molecule has 1 aliphatic rings. The molecule has 0 amide bonds. The van der Waals surface area contributed by atoms with Crippen LogP contribution in [0.4, 0.5) is 8.78 Å². The molecular formula is C13H17Cl3F2N2. The van der Waals surface area contributed by atoms with Crippen molar-refractivity contribution in [1.82, 2.24) is 10.2 Å². The van der Waals surface area contributed by atoms with E-state index in [9.17, 15) is 8.78 Å². The number of hydrogen-bond acceptors (Lipinski definition) is 2. The number of rotatable bonds is 4. The van der Waals surface area contributed by atoms with E-state index in [1.54, 1.807) is 18.2 Å². The van der Waals surface area contributed by atoms with Crippen LogP contribution in [0.5, 0.6) is 0 Å². The SMILES string of the molecule is Cl.FC(F)C[C@@H](c1c(Cl)cccc1Cl)N1CCNCC1. The first kappa shape index (κ1) is 17.9. The zero-order valence-corrected chi connectivity index (χ0v) is 13.1. The van der Waals surface area contributed by atoms with Gasteiger partial charge in [0.05, 0.1) is 0 Å². The number of nitrogens with zero attached hydrogens (tertiary/aromatic N) is 1. The van der Waals surface area contributed by atoms with Gasteiger partial charge >= 0.3 is 0 Å². The minimum absolute atomic E-state index is 0. The molecule has 0 spiro atoms. The second kappa shape index (κ2) is 8.35. The lowest BCUT2D eigenvalue weighted by Gasteiger charge is -2.35. The van der Waals surface area contributed by atoms with Crippen molar-refractivity contribution < 1.29 is 8.78 Å². The third-order valence-electron chi connectivity index (χ3n) is 3.33. The number of hydrogen-bond donors (Lipinski definition) is 1. The second-order valence-corrected chi connectivity index (χ2v) is 5.38. The summed E-state index contributed by atoms with van der Waals surface area (Å²) < 4.78 is 25.7. The Kier molecular flexibility index (Phi) is 7.48. The number of halogens is 5. The summed E-state index contributed by atoms with van der Waals surface area (Å²) in [6.07, 6.45) is -2.63. The molecule has 0 unspecified atom stereocenters. The van der Waals surface area contributed by atoms with E-state index in [2.05, 4.69) is 5.32 Å². The molecule has 1 aliphatic heterocycles. The minimum Gasteiger partial charge on any atom is -0.314 e. The van der Waals surface area contributed by atoms with Gasteiger partial charge in [-0.1, -0.05) is 29.3 Å². The van der Waals surface area contributed by atoms with Gasteiger partial charge in [-0.15, -0.1) is 12.4 Å². The van der Waals surface area contributed by atoms with E-state index in [0.29, 0.717) is 15.6 Å². The van der Waals surface area contributed by atoms with E-state index in [4.69, 9.17) is 23.2 Å². The summed E-state index contributed by atoms with van der Waals surface area (Å²) in [7, 11) is 0. The van der Waals surface area contributed by atoms with Gasteiger partial charge in [-0.05, 0) is 12.1 Å². The van der Waals surface area contributed by atoms with Gasteiger partial charge in [-0.3, -0.25) is 4.90 Å². The van der Waals surface area contributed by atoms with E-state index >= 15 is 0 Å². The summed E-state index contributed by atoms with van der Waals surface area (Å²) in [5.41, 5.74) is 0.619. The van der Waals surface area contributed by atoms with Gasteiger partial charge in [0.1, 0.15) is 0 Å². The predicted octanol–water partition coefficient (Wildman–Crippen LogP) is 4.02. The molecule has 0 saturated carbocycles. The lowest BCUT2D eigenvalue weighted by Crippen LogP contribution is -2.45. The smallest absolute Gasteiger partial charge is 0.240 e. The second-order valence-electron chi connectivity index (χ2n) is 4.56. The van der Waals surface area contributed by atoms with Crippen molar-refractivity contribution in [3.05, 3.63) is 33.8 Å². The highest BCUT2D eigenvalue weighted by atomic mass is 35.5. The first-order valence-electron chi connectivity index (χ1n) is 6.26. The number of piperazine rings is 1. The third kappa shape index (κ3) is 4.43. The van der Waals surface area contributed by atoms with Crippen molar-refractivity contribution in [3.63, 3.8) is 0 Å². The average molecular weight is 346 g/mol. The van der Waals surface area contributed by atoms with Crippen LogP contribution in [-0.2, 0) is 0 Å². The van der Waals surface area contributed by atoms with E-state index in [1.807, 2.05) is 4.90 Å². The Morgan fingerprint density at radius 3 is 2.20 bits per heavy atom. The fraction of sp³-hybridized carbons (Fsp3) is 0.538. The van der Waals surface area contributed by atoms with Gasteiger partial charge in [-0.2, -0.15) is 0 Å². The normalized spacial score (nSPS) is 17.9. The fourth-order valence-corrected chi connectivity index (χ4v) is 3.09. The Bertz CT molecular complexity index is 406. The van der Waals surface area contributed by atoms with Crippen LogP contribution in [-0.4, -0.2) is 37.5 Å². The van der Waals surface area contributed by atoms with Crippen molar-refractivity contribution >= 4 is 35.6 Å². The Morgan fingerprint density at radius 1 is 1.15 bits per heavy atom. The van der Waals surface area contributed by atoms with Crippen LogP contribution in [0.2, 0.25) is 10.0 Å². The standard InChI is InChI=1S/C13H16Cl2F2N2.ClH/c14-9-2-1-3-10(15)13(9)11(8-12(16)17)19-6-4-18-5-7-19;/h1-3,11-12,18H,4-8H2;1H/t11-;/m0./s1. The maximum absolute atomic E-state index is 12.9. The van der Waals surface area contributed by atoms with Crippen molar-refractivity contribution in [2.24, 2.45) is 0 Å². The first-order valence-corrected chi connectivity index (χ1v) is 7.02. The molecule has 0 aromatic heterocycles. The largest absolute Gasteiger partial charge is 0.314 e. The van der Waals surface area contributed by atoms with Crippen LogP contribution < -0.4 is 5.32 Å². The molecule has 20 heavy (non-hydrogen) atoms. The molecule has 1 fully saturated rings. The fourth-order valence-electron chi connectivity index (χ4n) is 2.44. The first-order chi connectivity index (χ1) is 9.09. The molecule has 1 aromatic carbocycles. The van der Waals surface area contributed by atoms with Crippen molar-refractivity contribution in [2.45, 2.75) is 18.9 Å². The van der Waals surface area contributed by atoms with Gasteiger partial charge in [-0.25, -0.2) is 8.78 Å². The molecule has 2 nitrogen and oxygen atoms in total. The molecule has 114 valence electrons. The summed E-state index contributed by atoms with van der Waals surface area (Å²) in [6.45, 7) is 3.03. The monoisotopic (exact) mass is 344 g/mol. The number of benzene rings is 1. The zero-order valence-electron chi connectivity index (χ0n) is 10.8. The Morgan fingerprint density at radius 2 is 1.70 bits per heavy atom. The van der Waals surface area contributed by atoms with Crippen LogP contribution >= 0.6 is 35.6 Å². The molecule has 1 atom stereocenters. The summed E-state index contributed by atoms with van der Waals surface area (Å²) in [4.78, 5) is 2.02. The summed E-state index contributed by atoms with van der Waals surface area (Å²) >= 11 is 12.3. The van der Waals surface area contributed by atoms with Gasteiger partial charge in [0.2, 0.25) is 6.43 Å². The molecule has 0 bridgehead atoms. The summed E-state index contributed by atoms with van der Waals surface area (Å²) in [6, 6.07) is 4.70. The molecule has 1 N–H and O–H groups in total. The minimum atomic E-state index is -2.38. The van der Waals surface area contributed by atoms with E-state index in [-0.39, 0.29) is 18.8 Å². The maximum atomic E-state index is 12.9. The molecule has 0 aliphatic carbocycles. The number of alkyl halides is 2. The van der Waals surface area contributed by atoms with Crippen LogP contribution in [0, 0.1) is 0 Å². The molecular weight excluding hydrogens is 329 g/mol. The van der Waals surface area contributed by atoms with Crippen molar-refractivity contribution in [1.29, 1.82) is 0 Å². The maximum Gasteiger partial charge on any atom is 0.240 e. The molecule has 1 heterocycles. The molecule has 1 saturated heterocycles. The molecule has 0 radical (unpaired) electrons. The van der Waals surface area contributed by atoms with Crippen molar-refractivity contribution in [2.75, 3.05) is 26.2 Å². The van der Waals surface area contributed by atoms with E-state index < -0.39 is 12.5 Å². The van der Waals surface area contributed by atoms with Gasteiger partial charge in [0.25, 0.3) is 0 Å². The number of nitrogens with one attached hydrogen (secondary N) is 1. The lowest BCUT2D eigenvalue weighted by atomic mass is 10.0. The van der Waals surface area contributed by atoms with Crippen LogP contribution in [0.1, 0.15) is 18.0 Å². The third-order valence-corrected chi connectivity index (χ3v) is 3.99. The summed E-state index contributed by atoms with van der Waals surface area (Å²) in [5.74, 6) is 0. The van der Waals surface area contributed by atoms with E-state index in [1.165, 1.54) is 0 Å². The highest BCUT2D eigenvalue weighted by Gasteiger charge is 2.28. The van der Waals surface area contributed by atoms with Crippen LogP contribution in [0.3, 0.4) is 0 Å². The predicted molar refractivity (Wildman–Crippen MR) is 81.5 cm³/mol. The van der Waals surface area contributed by atoms with Gasteiger partial charge in [0, 0.05) is 54.3 Å². The molecule has 2 rings (SSSR count). The molecule has 7 heteroatoms. The van der Waals surface area contributed by atoms with E-state index in [0.717, 1.165) is 26.2 Å². The zero-order chi connectivity index (χ0) is 13.8. The Balaban J connectivity index is 0.00000200. The van der Waals surface area contributed by atoms with Crippen molar-refractivity contribution in [3.8, 4) is 0 Å².